The molecule has 0 spiro atoms. The normalized spacial score (nSPS) is 16.1. The summed E-state index contributed by atoms with van der Waals surface area (Å²) < 4.78 is 3.59. The zero-order valence-electron chi connectivity index (χ0n) is 13.7. The summed E-state index contributed by atoms with van der Waals surface area (Å²) in [5, 5.41) is 4.67. The minimum absolute atomic E-state index is 0.0465. The third kappa shape index (κ3) is 3.11. The lowest BCUT2D eigenvalue weighted by Gasteiger charge is -2.34. The summed E-state index contributed by atoms with van der Waals surface area (Å²) in [6.07, 6.45) is 3.75. The number of piperazine rings is 1. The molecule has 0 aliphatic carbocycles. The van der Waals surface area contributed by atoms with Crippen molar-refractivity contribution in [2.75, 3.05) is 26.2 Å². The van der Waals surface area contributed by atoms with Crippen molar-refractivity contribution in [3.63, 3.8) is 0 Å². The lowest BCUT2D eigenvalue weighted by molar-refractivity contribution is 0.0614. The van der Waals surface area contributed by atoms with Crippen LogP contribution in [0, 0.1) is 6.92 Å². The van der Waals surface area contributed by atoms with Gasteiger partial charge in [0, 0.05) is 52.7 Å². The monoisotopic (exact) mass is 336 g/mol. The molecule has 0 saturated carbocycles. The van der Waals surface area contributed by atoms with E-state index in [9.17, 15) is 4.79 Å². The maximum atomic E-state index is 12.7. The highest BCUT2D eigenvalue weighted by Crippen LogP contribution is 2.21. The van der Waals surface area contributed by atoms with Crippen LogP contribution in [0.15, 0.2) is 12.4 Å². The number of amides is 1. The molecule has 0 aromatic carbocycles. The molecule has 124 valence electrons. The highest BCUT2D eigenvalue weighted by Gasteiger charge is 2.27. The molecule has 2 aromatic heterocycles. The third-order valence-electron chi connectivity index (χ3n) is 4.30. The topological polar surface area (TPSA) is 59.2 Å². The van der Waals surface area contributed by atoms with E-state index < -0.39 is 0 Å². The molecule has 23 heavy (non-hydrogen) atoms. The fraction of sp³-hybridized carbons (Fsp3) is 0.533. The van der Waals surface area contributed by atoms with E-state index in [0.717, 1.165) is 25.5 Å². The Balaban J connectivity index is 1.62. The molecule has 0 unspecified atom stereocenters. The predicted octanol–water partition coefficient (Wildman–Crippen LogP) is 1.07. The average Bonchev–Trinajstić information content (AvgIpc) is 3.03. The van der Waals surface area contributed by atoms with Gasteiger partial charge in [0.2, 0.25) is 0 Å². The zero-order chi connectivity index (χ0) is 16.6. The molecule has 0 bridgehead atoms. The van der Waals surface area contributed by atoms with Gasteiger partial charge in [0.05, 0.1) is 17.3 Å². The van der Waals surface area contributed by atoms with Crippen LogP contribution >= 0.6 is 11.6 Å². The predicted molar refractivity (Wildman–Crippen MR) is 87.3 cm³/mol. The Hall–Kier alpha value is -1.86. The van der Waals surface area contributed by atoms with E-state index in [1.807, 2.05) is 35.8 Å². The first kappa shape index (κ1) is 16.0. The number of nitrogens with zero attached hydrogens (tertiary/aromatic N) is 6. The summed E-state index contributed by atoms with van der Waals surface area (Å²) >= 11 is 6.22. The van der Waals surface area contributed by atoms with Crippen LogP contribution in [-0.4, -0.2) is 61.2 Å². The van der Waals surface area contributed by atoms with Gasteiger partial charge in [0.25, 0.3) is 5.91 Å². The van der Waals surface area contributed by atoms with Gasteiger partial charge < -0.3 is 9.47 Å². The van der Waals surface area contributed by atoms with E-state index in [2.05, 4.69) is 15.0 Å². The van der Waals surface area contributed by atoms with E-state index in [1.54, 1.807) is 11.7 Å². The summed E-state index contributed by atoms with van der Waals surface area (Å²) in [7, 11) is 3.75. The second kappa shape index (κ2) is 6.33. The summed E-state index contributed by atoms with van der Waals surface area (Å²) in [4.78, 5) is 21.2. The van der Waals surface area contributed by atoms with E-state index >= 15 is 0 Å². The molecule has 1 saturated heterocycles. The first-order valence-corrected chi connectivity index (χ1v) is 8.02. The molecule has 0 atom stereocenters. The van der Waals surface area contributed by atoms with Crippen molar-refractivity contribution in [1.82, 2.24) is 29.1 Å². The minimum Gasteiger partial charge on any atom is -0.337 e. The molecule has 2 aromatic rings. The van der Waals surface area contributed by atoms with Crippen molar-refractivity contribution in [1.29, 1.82) is 0 Å². The minimum atomic E-state index is -0.0465. The molecule has 0 radical (unpaired) electrons. The Morgan fingerprint density at radius 3 is 2.48 bits per heavy atom. The molecule has 1 fully saturated rings. The van der Waals surface area contributed by atoms with Crippen LogP contribution in [0.5, 0.6) is 0 Å². The maximum absolute atomic E-state index is 12.7. The van der Waals surface area contributed by atoms with E-state index in [-0.39, 0.29) is 5.91 Å². The molecule has 8 heteroatoms. The highest BCUT2D eigenvalue weighted by molar-refractivity contribution is 6.34. The molecule has 1 aliphatic rings. The molecular formula is C15H21ClN6O. The summed E-state index contributed by atoms with van der Waals surface area (Å²) in [5.74, 6) is 0.991. The van der Waals surface area contributed by atoms with Crippen molar-refractivity contribution in [3.8, 4) is 0 Å². The average molecular weight is 337 g/mol. The fourth-order valence-electron chi connectivity index (χ4n) is 2.87. The number of carbonyl (C=O) groups excluding carboxylic acids is 1. The Bertz CT molecular complexity index is 714. The van der Waals surface area contributed by atoms with Gasteiger partial charge in [0.15, 0.2) is 0 Å². The lowest BCUT2D eigenvalue weighted by Crippen LogP contribution is -2.48. The maximum Gasteiger partial charge on any atom is 0.273 e. The van der Waals surface area contributed by atoms with Crippen LogP contribution in [0.25, 0.3) is 0 Å². The SMILES string of the molecule is Cc1nn(C)c(C(=O)N2CCN(Cc3nccn3C)CC2)c1Cl. The zero-order valence-corrected chi connectivity index (χ0v) is 14.4. The van der Waals surface area contributed by atoms with Crippen LogP contribution in [0.3, 0.4) is 0 Å². The molecule has 7 nitrogen and oxygen atoms in total. The third-order valence-corrected chi connectivity index (χ3v) is 4.75. The lowest BCUT2D eigenvalue weighted by atomic mass is 10.2. The Kier molecular flexibility index (Phi) is 4.41. The number of imidazole rings is 1. The van der Waals surface area contributed by atoms with Crippen LogP contribution in [0.4, 0.5) is 0 Å². The number of aromatic nitrogens is 4. The van der Waals surface area contributed by atoms with Crippen LogP contribution in [0.1, 0.15) is 22.0 Å². The summed E-state index contributed by atoms with van der Waals surface area (Å²) in [6.45, 7) is 5.63. The molecule has 3 heterocycles. The first-order valence-electron chi connectivity index (χ1n) is 7.64. The van der Waals surface area contributed by atoms with Crippen molar-refractivity contribution in [2.24, 2.45) is 14.1 Å². The van der Waals surface area contributed by atoms with Crippen molar-refractivity contribution in [2.45, 2.75) is 13.5 Å². The van der Waals surface area contributed by atoms with Gasteiger partial charge in [-0.3, -0.25) is 14.4 Å². The number of carbonyl (C=O) groups is 1. The van der Waals surface area contributed by atoms with Gasteiger partial charge in [-0.15, -0.1) is 0 Å². The molecule has 3 rings (SSSR count). The van der Waals surface area contributed by atoms with E-state index in [4.69, 9.17) is 11.6 Å². The van der Waals surface area contributed by atoms with Gasteiger partial charge in [-0.25, -0.2) is 4.98 Å². The standard InChI is InChI=1S/C15H21ClN6O/c1-11-13(16)14(20(3)18-11)15(23)22-8-6-21(7-9-22)10-12-17-4-5-19(12)2/h4-5H,6-10H2,1-3H3. The van der Waals surface area contributed by atoms with Crippen molar-refractivity contribution < 1.29 is 4.79 Å². The van der Waals surface area contributed by atoms with Gasteiger partial charge in [-0.05, 0) is 6.92 Å². The largest absolute Gasteiger partial charge is 0.337 e. The van der Waals surface area contributed by atoms with Gasteiger partial charge in [0.1, 0.15) is 11.5 Å². The fourth-order valence-corrected chi connectivity index (χ4v) is 3.11. The Labute approximate surface area is 140 Å². The smallest absolute Gasteiger partial charge is 0.273 e. The van der Waals surface area contributed by atoms with E-state index in [0.29, 0.717) is 29.5 Å². The Morgan fingerprint density at radius 2 is 1.96 bits per heavy atom. The van der Waals surface area contributed by atoms with Gasteiger partial charge in [-0.1, -0.05) is 11.6 Å². The van der Waals surface area contributed by atoms with Crippen LogP contribution < -0.4 is 0 Å². The first-order chi connectivity index (χ1) is 11.0. The molecule has 1 aliphatic heterocycles. The summed E-state index contributed by atoms with van der Waals surface area (Å²) in [6, 6.07) is 0. The van der Waals surface area contributed by atoms with Crippen molar-refractivity contribution >= 4 is 17.5 Å². The van der Waals surface area contributed by atoms with Crippen molar-refractivity contribution in [3.05, 3.63) is 34.6 Å². The number of aryl methyl sites for hydroxylation is 3. The second-order valence-corrected chi connectivity index (χ2v) is 6.27. The Morgan fingerprint density at radius 1 is 1.26 bits per heavy atom. The molecule has 0 N–H and O–H groups in total. The van der Waals surface area contributed by atoms with Crippen LogP contribution in [0.2, 0.25) is 5.02 Å². The molecular weight excluding hydrogens is 316 g/mol. The number of halogens is 1. The number of hydrogen-bond donors (Lipinski definition) is 0. The van der Waals surface area contributed by atoms with Crippen LogP contribution in [-0.2, 0) is 20.6 Å². The highest BCUT2D eigenvalue weighted by atomic mass is 35.5. The second-order valence-electron chi connectivity index (χ2n) is 5.89. The number of hydrogen-bond acceptors (Lipinski definition) is 4. The van der Waals surface area contributed by atoms with Gasteiger partial charge in [-0.2, -0.15) is 5.10 Å². The quantitative estimate of drug-likeness (QED) is 0.841. The van der Waals surface area contributed by atoms with E-state index in [1.165, 1.54) is 0 Å². The summed E-state index contributed by atoms with van der Waals surface area (Å²) in [5.41, 5.74) is 1.16. The van der Waals surface area contributed by atoms with Gasteiger partial charge >= 0.3 is 0 Å². The number of rotatable bonds is 3. The molecule has 1 amide bonds.